The van der Waals surface area contributed by atoms with E-state index in [1.165, 1.54) is 7.11 Å². The van der Waals surface area contributed by atoms with Gasteiger partial charge in [0.15, 0.2) is 11.6 Å². The highest BCUT2D eigenvalue weighted by Crippen LogP contribution is 2.54. The zero-order chi connectivity index (χ0) is 22.4. The van der Waals surface area contributed by atoms with Crippen LogP contribution in [0.2, 0.25) is 0 Å². The van der Waals surface area contributed by atoms with E-state index < -0.39 is 11.6 Å². The molecule has 1 heterocycles. The number of hydrogen-bond acceptors (Lipinski definition) is 5. The Morgan fingerprint density at radius 3 is 2.55 bits per heavy atom. The summed E-state index contributed by atoms with van der Waals surface area (Å²) >= 11 is 0. The Bertz CT molecular complexity index is 742. The molecule has 0 aromatic heterocycles. The largest absolute Gasteiger partial charge is 0.490 e. The smallest absolute Gasteiger partial charge is 0.410 e. The minimum Gasteiger partial charge on any atom is -0.490 e. The van der Waals surface area contributed by atoms with E-state index in [0.29, 0.717) is 17.9 Å². The molecule has 6 nitrogen and oxygen atoms in total. The van der Waals surface area contributed by atoms with Crippen LogP contribution in [0, 0.1) is 23.0 Å². The second kappa shape index (κ2) is 10.6. The molecule has 1 aromatic carbocycles. The first-order valence-electron chi connectivity index (χ1n) is 11.0. The van der Waals surface area contributed by atoms with Gasteiger partial charge >= 0.3 is 6.09 Å². The number of carbonyl (C=O) groups excluding carboxylic acids is 1. The van der Waals surface area contributed by atoms with Crippen molar-refractivity contribution in [2.75, 3.05) is 26.8 Å². The second-order valence-corrected chi connectivity index (χ2v) is 8.99. The fraction of sp³-hybridized carbons (Fsp3) is 0.696. The number of amides is 1. The van der Waals surface area contributed by atoms with Gasteiger partial charge < -0.3 is 14.4 Å². The molecular formula is C23H33F2NO5. The molecule has 0 N–H and O–H groups in total. The minimum absolute atomic E-state index is 0.0787. The van der Waals surface area contributed by atoms with Crippen LogP contribution in [0.3, 0.4) is 0 Å². The first-order chi connectivity index (χ1) is 14.8. The van der Waals surface area contributed by atoms with E-state index in [0.717, 1.165) is 63.7 Å². The van der Waals surface area contributed by atoms with Crippen LogP contribution in [0.4, 0.5) is 13.6 Å². The van der Waals surface area contributed by atoms with E-state index in [-0.39, 0.29) is 30.1 Å². The number of carbonyl (C=O) groups is 1. The zero-order valence-electron chi connectivity index (χ0n) is 18.6. The number of hydrogen-bond donors (Lipinski definition) is 0. The summed E-state index contributed by atoms with van der Waals surface area (Å²) in [6.07, 6.45) is 5.88. The van der Waals surface area contributed by atoms with Crippen LogP contribution in [0.5, 0.6) is 5.75 Å². The van der Waals surface area contributed by atoms with E-state index >= 15 is 0 Å². The molecule has 1 saturated carbocycles. The quantitative estimate of drug-likeness (QED) is 0.298. The third-order valence-electron chi connectivity index (χ3n) is 6.31. The van der Waals surface area contributed by atoms with Gasteiger partial charge in [0, 0.05) is 24.7 Å². The normalized spacial score (nSPS) is 18.3. The number of benzene rings is 1. The van der Waals surface area contributed by atoms with Crippen molar-refractivity contribution in [2.45, 2.75) is 65.1 Å². The third kappa shape index (κ3) is 6.29. The van der Waals surface area contributed by atoms with E-state index in [1.54, 1.807) is 0 Å². The molecule has 174 valence electrons. The SMILES string of the molecule is COOCc1cc(F)c(OCCCC2CC3(CCN(C(=O)OC(C)C)CC3)C2)cc1F. The molecule has 31 heavy (non-hydrogen) atoms. The maximum atomic E-state index is 14.1. The fourth-order valence-corrected chi connectivity index (χ4v) is 4.68. The lowest BCUT2D eigenvalue weighted by atomic mass is 9.56. The Kier molecular flexibility index (Phi) is 8.11. The summed E-state index contributed by atoms with van der Waals surface area (Å²) in [5, 5.41) is 0. The molecule has 1 saturated heterocycles. The van der Waals surface area contributed by atoms with Crippen molar-refractivity contribution in [1.82, 2.24) is 4.90 Å². The predicted molar refractivity (Wildman–Crippen MR) is 110 cm³/mol. The molecule has 1 aromatic rings. The molecule has 1 aliphatic heterocycles. The highest BCUT2D eigenvalue weighted by molar-refractivity contribution is 5.67. The number of ether oxygens (including phenoxy) is 2. The van der Waals surface area contributed by atoms with Crippen LogP contribution in [-0.4, -0.2) is 43.9 Å². The van der Waals surface area contributed by atoms with Gasteiger partial charge in [-0.05, 0) is 69.8 Å². The van der Waals surface area contributed by atoms with Crippen LogP contribution in [0.1, 0.15) is 57.9 Å². The van der Waals surface area contributed by atoms with E-state index in [9.17, 15) is 13.6 Å². The van der Waals surface area contributed by atoms with Crippen LogP contribution in [0.15, 0.2) is 12.1 Å². The summed E-state index contributed by atoms with van der Waals surface area (Å²) in [4.78, 5) is 22.9. The summed E-state index contributed by atoms with van der Waals surface area (Å²) < 4.78 is 38.8. The van der Waals surface area contributed by atoms with Crippen molar-refractivity contribution in [3.05, 3.63) is 29.3 Å². The Hall–Kier alpha value is -1.93. The maximum Gasteiger partial charge on any atom is 0.410 e. The summed E-state index contributed by atoms with van der Waals surface area (Å²) in [6.45, 7) is 5.43. The Morgan fingerprint density at radius 2 is 1.90 bits per heavy atom. The lowest BCUT2D eigenvalue weighted by molar-refractivity contribution is -0.282. The van der Waals surface area contributed by atoms with Crippen LogP contribution in [0.25, 0.3) is 0 Å². The molecule has 1 amide bonds. The molecule has 1 aliphatic carbocycles. The van der Waals surface area contributed by atoms with E-state index in [2.05, 4.69) is 9.78 Å². The molecule has 8 heteroatoms. The molecule has 0 bridgehead atoms. The molecular weight excluding hydrogens is 408 g/mol. The van der Waals surface area contributed by atoms with Gasteiger partial charge in [0.05, 0.1) is 19.8 Å². The standard InChI is InChI=1S/C23H33F2NO5/c1-16(2)31-22(27)26-8-6-23(7-9-26)13-17(14-23)5-4-10-29-21-12-19(24)18(11-20(21)25)15-30-28-3/h11-12,16-17H,4-10,13-15H2,1-3H3. The molecule has 0 atom stereocenters. The molecule has 1 spiro atoms. The highest BCUT2D eigenvalue weighted by Gasteiger charge is 2.46. The van der Waals surface area contributed by atoms with Crippen LogP contribution < -0.4 is 4.74 Å². The van der Waals surface area contributed by atoms with Gasteiger partial charge in [-0.1, -0.05) is 0 Å². The summed E-state index contributed by atoms with van der Waals surface area (Å²) in [6, 6.07) is 2.13. The molecule has 2 aliphatic rings. The maximum absolute atomic E-state index is 14.1. The van der Waals surface area contributed by atoms with Gasteiger partial charge in [-0.3, -0.25) is 0 Å². The second-order valence-electron chi connectivity index (χ2n) is 8.99. The molecule has 3 rings (SSSR count). The Labute approximate surface area is 182 Å². The fourth-order valence-electron chi connectivity index (χ4n) is 4.68. The van der Waals surface area contributed by atoms with Crippen molar-refractivity contribution < 1.29 is 32.8 Å². The Morgan fingerprint density at radius 1 is 1.19 bits per heavy atom. The number of nitrogens with zero attached hydrogens (tertiary/aromatic N) is 1. The van der Waals surface area contributed by atoms with Gasteiger partial charge in [-0.15, -0.1) is 0 Å². The van der Waals surface area contributed by atoms with Crippen molar-refractivity contribution in [1.29, 1.82) is 0 Å². The Balaban J connectivity index is 1.34. The van der Waals surface area contributed by atoms with Crippen molar-refractivity contribution in [3.63, 3.8) is 0 Å². The summed E-state index contributed by atoms with van der Waals surface area (Å²) in [7, 11) is 1.31. The average molecular weight is 442 g/mol. The highest BCUT2D eigenvalue weighted by atomic mass is 19.1. The predicted octanol–water partition coefficient (Wildman–Crippen LogP) is 5.24. The first kappa shape index (κ1) is 23.7. The van der Waals surface area contributed by atoms with E-state index in [1.807, 2.05) is 18.7 Å². The number of piperidine rings is 1. The van der Waals surface area contributed by atoms with Crippen LogP contribution in [-0.2, 0) is 21.1 Å². The van der Waals surface area contributed by atoms with Crippen LogP contribution >= 0.6 is 0 Å². The topological polar surface area (TPSA) is 57.2 Å². The minimum atomic E-state index is -0.610. The molecule has 0 unspecified atom stereocenters. The average Bonchev–Trinajstić information content (AvgIpc) is 2.70. The summed E-state index contributed by atoms with van der Waals surface area (Å²) in [5.74, 6) is -0.642. The van der Waals surface area contributed by atoms with Crippen molar-refractivity contribution in [3.8, 4) is 5.75 Å². The number of rotatable bonds is 9. The molecule has 2 fully saturated rings. The molecule has 0 radical (unpaired) electrons. The van der Waals surface area contributed by atoms with Gasteiger partial charge in [0.1, 0.15) is 12.4 Å². The van der Waals surface area contributed by atoms with E-state index in [4.69, 9.17) is 9.47 Å². The zero-order valence-corrected chi connectivity index (χ0v) is 18.6. The number of halogens is 2. The van der Waals surface area contributed by atoms with Gasteiger partial charge in [0.25, 0.3) is 0 Å². The number of likely N-dealkylation sites (tertiary alicyclic amines) is 1. The third-order valence-corrected chi connectivity index (χ3v) is 6.31. The van der Waals surface area contributed by atoms with Gasteiger partial charge in [-0.25, -0.2) is 23.4 Å². The lowest BCUT2D eigenvalue weighted by Crippen LogP contribution is -2.49. The van der Waals surface area contributed by atoms with Gasteiger partial charge in [0.2, 0.25) is 0 Å². The van der Waals surface area contributed by atoms with Gasteiger partial charge in [-0.2, -0.15) is 0 Å². The first-order valence-corrected chi connectivity index (χ1v) is 11.0. The van der Waals surface area contributed by atoms with Crippen molar-refractivity contribution in [2.24, 2.45) is 11.3 Å². The summed E-state index contributed by atoms with van der Waals surface area (Å²) in [5.41, 5.74) is 0.435. The van der Waals surface area contributed by atoms with Crippen molar-refractivity contribution >= 4 is 6.09 Å². The monoisotopic (exact) mass is 441 g/mol. The lowest BCUT2D eigenvalue weighted by Gasteiger charge is -2.52.